The van der Waals surface area contributed by atoms with Gasteiger partial charge in [-0.2, -0.15) is 0 Å². The van der Waals surface area contributed by atoms with Crippen LogP contribution in [0.25, 0.3) is 0 Å². The summed E-state index contributed by atoms with van der Waals surface area (Å²) in [6, 6.07) is 0. The number of hydrogen-bond acceptors (Lipinski definition) is 3. The van der Waals surface area contributed by atoms with Crippen LogP contribution in [0.1, 0.15) is 52.9 Å². The minimum absolute atomic E-state index is 0.0523. The summed E-state index contributed by atoms with van der Waals surface area (Å²) in [4.78, 5) is 25.2. The van der Waals surface area contributed by atoms with Crippen molar-refractivity contribution in [2.24, 2.45) is 11.8 Å². The minimum Gasteiger partial charge on any atom is -0.356 e. The molecule has 5 heteroatoms. The molecule has 0 saturated heterocycles. The Bertz CT molecular complexity index is 317. The molecule has 5 nitrogen and oxygen atoms in total. The molecule has 0 spiro atoms. The molecule has 0 aromatic heterocycles. The Balaban J connectivity index is 3.57. The van der Waals surface area contributed by atoms with Crippen molar-refractivity contribution in [2.75, 3.05) is 33.7 Å². The van der Waals surface area contributed by atoms with Crippen LogP contribution in [0.2, 0.25) is 0 Å². The van der Waals surface area contributed by atoms with E-state index in [1.165, 1.54) is 0 Å². The van der Waals surface area contributed by atoms with E-state index >= 15 is 0 Å². The maximum atomic E-state index is 11.9. The summed E-state index contributed by atoms with van der Waals surface area (Å²) >= 11 is 0. The molecular formula is C17H35N3O2. The van der Waals surface area contributed by atoms with Crippen LogP contribution in [-0.4, -0.2) is 50.4 Å². The van der Waals surface area contributed by atoms with Crippen molar-refractivity contribution in [1.29, 1.82) is 0 Å². The summed E-state index contributed by atoms with van der Waals surface area (Å²) in [5.74, 6) is 0.954. The molecule has 0 aliphatic carbocycles. The van der Waals surface area contributed by atoms with E-state index in [2.05, 4.69) is 24.5 Å². The molecule has 0 aromatic rings. The molecule has 130 valence electrons. The number of hydrogen-bond donors (Lipinski definition) is 2. The number of likely N-dealkylation sites (N-methyl/N-ethyl adjacent to an activating group) is 1. The lowest BCUT2D eigenvalue weighted by Gasteiger charge is -2.13. The van der Waals surface area contributed by atoms with Crippen molar-refractivity contribution in [3.05, 3.63) is 0 Å². The summed E-state index contributed by atoms with van der Waals surface area (Å²) in [6.45, 7) is 8.26. The van der Waals surface area contributed by atoms with Crippen molar-refractivity contribution >= 4 is 11.8 Å². The first-order chi connectivity index (χ1) is 10.3. The van der Waals surface area contributed by atoms with E-state index in [9.17, 15) is 9.59 Å². The first-order valence-corrected chi connectivity index (χ1v) is 8.52. The highest BCUT2D eigenvalue weighted by atomic mass is 16.2. The van der Waals surface area contributed by atoms with Gasteiger partial charge < -0.3 is 15.5 Å². The van der Waals surface area contributed by atoms with E-state index in [1.54, 1.807) is 0 Å². The molecule has 0 aromatic carbocycles. The number of rotatable bonds is 12. The van der Waals surface area contributed by atoms with Gasteiger partial charge in [-0.3, -0.25) is 9.59 Å². The lowest BCUT2D eigenvalue weighted by atomic mass is 10.0. The van der Waals surface area contributed by atoms with Crippen LogP contribution < -0.4 is 10.6 Å². The van der Waals surface area contributed by atoms with Gasteiger partial charge in [0.1, 0.15) is 0 Å². The first kappa shape index (κ1) is 20.9. The van der Waals surface area contributed by atoms with Crippen molar-refractivity contribution in [1.82, 2.24) is 15.5 Å². The average molecular weight is 313 g/mol. The number of unbranched alkanes of at least 4 members (excludes halogenated alkanes) is 1. The Morgan fingerprint density at radius 3 is 2.14 bits per heavy atom. The summed E-state index contributed by atoms with van der Waals surface area (Å²) in [6.07, 6.45) is 4.96. The Morgan fingerprint density at radius 1 is 0.909 bits per heavy atom. The van der Waals surface area contributed by atoms with Crippen LogP contribution >= 0.6 is 0 Å². The van der Waals surface area contributed by atoms with Crippen LogP contribution in [0, 0.1) is 11.8 Å². The van der Waals surface area contributed by atoms with Crippen molar-refractivity contribution in [3.63, 3.8) is 0 Å². The predicted octanol–water partition coefficient (Wildman–Crippen LogP) is 2.02. The van der Waals surface area contributed by atoms with E-state index in [1.807, 2.05) is 25.9 Å². The first-order valence-electron chi connectivity index (χ1n) is 8.52. The molecular weight excluding hydrogens is 278 g/mol. The Hall–Kier alpha value is -1.10. The topological polar surface area (TPSA) is 61.4 Å². The summed E-state index contributed by atoms with van der Waals surface area (Å²) in [7, 11) is 3.75. The van der Waals surface area contributed by atoms with Gasteiger partial charge in [-0.15, -0.1) is 0 Å². The maximum Gasteiger partial charge on any atom is 0.234 e. The van der Waals surface area contributed by atoms with Gasteiger partial charge in [0.05, 0.1) is 6.54 Å². The third-order valence-corrected chi connectivity index (χ3v) is 3.55. The smallest absolute Gasteiger partial charge is 0.234 e. The van der Waals surface area contributed by atoms with Crippen LogP contribution in [0.4, 0.5) is 0 Å². The SMILES string of the molecule is CC(C)CCCNC(=O)[C@@H](C)CCCCNC(=O)CN(C)C. The Labute approximate surface area is 136 Å². The maximum absolute atomic E-state index is 11.9. The molecule has 0 heterocycles. The van der Waals surface area contributed by atoms with Gasteiger partial charge in [0.2, 0.25) is 11.8 Å². The normalized spacial score (nSPS) is 12.5. The van der Waals surface area contributed by atoms with Crippen LogP contribution in [-0.2, 0) is 9.59 Å². The second-order valence-corrected chi connectivity index (χ2v) is 6.81. The van der Waals surface area contributed by atoms with Gasteiger partial charge in [0, 0.05) is 19.0 Å². The lowest BCUT2D eigenvalue weighted by Crippen LogP contribution is -2.34. The van der Waals surface area contributed by atoms with Crippen molar-refractivity contribution in [2.45, 2.75) is 52.9 Å². The quantitative estimate of drug-likeness (QED) is 0.542. The molecule has 0 radical (unpaired) electrons. The van der Waals surface area contributed by atoms with Crippen LogP contribution in [0.15, 0.2) is 0 Å². The van der Waals surface area contributed by atoms with Gasteiger partial charge in [0.15, 0.2) is 0 Å². The Morgan fingerprint density at radius 2 is 1.55 bits per heavy atom. The third kappa shape index (κ3) is 12.6. The zero-order valence-electron chi connectivity index (χ0n) is 15.1. The number of nitrogens with zero attached hydrogens (tertiary/aromatic N) is 1. The van der Waals surface area contributed by atoms with Gasteiger partial charge in [0.25, 0.3) is 0 Å². The van der Waals surface area contributed by atoms with Crippen LogP contribution in [0.5, 0.6) is 0 Å². The largest absolute Gasteiger partial charge is 0.356 e. The zero-order chi connectivity index (χ0) is 17.0. The number of amides is 2. The Kier molecular flexibility index (Phi) is 11.8. The second-order valence-electron chi connectivity index (χ2n) is 6.81. The third-order valence-electron chi connectivity index (χ3n) is 3.55. The average Bonchev–Trinajstić information content (AvgIpc) is 2.41. The fraction of sp³-hybridized carbons (Fsp3) is 0.882. The highest BCUT2D eigenvalue weighted by Gasteiger charge is 2.11. The lowest BCUT2D eigenvalue weighted by molar-refractivity contribution is -0.125. The molecule has 2 amide bonds. The molecule has 0 rings (SSSR count). The number of nitrogens with one attached hydrogen (secondary N) is 2. The molecule has 0 unspecified atom stereocenters. The fourth-order valence-corrected chi connectivity index (χ4v) is 2.17. The predicted molar refractivity (Wildman–Crippen MR) is 91.7 cm³/mol. The van der Waals surface area contributed by atoms with Crippen molar-refractivity contribution < 1.29 is 9.59 Å². The van der Waals surface area contributed by atoms with Crippen molar-refractivity contribution in [3.8, 4) is 0 Å². The zero-order valence-corrected chi connectivity index (χ0v) is 15.1. The van der Waals surface area contributed by atoms with Crippen LogP contribution in [0.3, 0.4) is 0 Å². The molecule has 0 bridgehead atoms. The number of carbonyl (C=O) groups is 2. The summed E-state index contributed by atoms with van der Waals surface area (Å²) in [5, 5.41) is 5.89. The van der Waals surface area contributed by atoms with E-state index < -0.39 is 0 Å². The molecule has 2 N–H and O–H groups in total. The molecule has 0 saturated carbocycles. The second kappa shape index (κ2) is 12.4. The van der Waals surface area contributed by atoms with Gasteiger partial charge in [-0.1, -0.05) is 27.2 Å². The summed E-state index contributed by atoms with van der Waals surface area (Å²) < 4.78 is 0. The van der Waals surface area contributed by atoms with Gasteiger partial charge in [-0.05, 0) is 45.7 Å². The van der Waals surface area contributed by atoms with E-state index in [4.69, 9.17) is 0 Å². The highest BCUT2D eigenvalue weighted by Crippen LogP contribution is 2.08. The van der Waals surface area contributed by atoms with Gasteiger partial charge in [-0.25, -0.2) is 0 Å². The van der Waals surface area contributed by atoms with E-state index in [0.717, 1.165) is 38.6 Å². The van der Waals surface area contributed by atoms with E-state index in [0.29, 0.717) is 19.0 Å². The molecule has 0 aliphatic heterocycles. The minimum atomic E-state index is 0.0523. The van der Waals surface area contributed by atoms with Gasteiger partial charge >= 0.3 is 0 Å². The monoisotopic (exact) mass is 313 g/mol. The standard InChI is InChI=1S/C17H35N3O2/c1-14(2)9-8-12-19-17(22)15(3)10-6-7-11-18-16(21)13-20(4)5/h14-15H,6-13H2,1-5H3,(H,18,21)(H,19,22)/t15-/m0/s1. The van der Waals surface area contributed by atoms with E-state index in [-0.39, 0.29) is 17.7 Å². The molecule has 22 heavy (non-hydrogen) atoms. The fourth-order valence-electron chi connectivity index (χ4n) is 2.17. The summed E-state index contributed by atoms with van der Waals surface area (Å²) in [5.41, 5.74) is 0. The highest BCUT2D eigenvalue weighted by molar-refractivity contribution is 5.78. The molecule has 1 atom stereocenters. The molecule has 0 aliphatic rings. The molecule has 0 fully saturated rings. The number of carbonyl (C=O) groups excluding carboxylic acids is 2.